The molecule has 0 aliphatic heterocycles. The van der Waals surface area contributed by atoms with E-state index < -0.39 is 15.1 Å². The number of benzene rings is 1. The molecular formula is C15H19FO3S. The summed E-state index contributed by atoms with van der Waals surface area (Å²) >= 11 is 0. The Labute approximate surface area is 119 Å². The topological polar surface area (TPSA) is 51.2 Å². The van der Waals surface area contributed by atoms with Gasteiger partial charge in [0.2, 0.25) is 0 Å². The Morgan fingerprint density at radius 3 is 2.50 bits per heavy atom. The molecule has 1 aliphatic rings. The minimum atomic E-state index is -3.07. The van der Waals surface area contributed by atoms with Crippen molar-refractivity contribution in [2.75, 3.05) is 6.26 Å². The maximum Gasteiger partial charge on any atom is 0.150 e. The smallest absolute Gasteiger partial charge is 0.150 e. The average Bonchev–Trinajstić information content (AvgIpc) is 2.40. The lowest BCUT2D eigenvalue weighted by Crippen LogP contribution is -2.31. The van der Waals surface area contributed by atoms with Crippen molar-refractivity contribution in [1.29, 1.82) is 0 Å². The summed E-state index contributed by atoms with van der Waals surface area (Å²) in [6.45, 7) is 0. The van der Waals surface area contributed by atoms with Gasteiger partial charge in [-0.05, 0) is 37.0 Å². The second-order valence-electron chi connectivity index (χ2n) is 5.58. The van der Waals surface area contributed by atoms with Crippen molar-refractivity contribution in [3.63, 3.8) is 0 Å². The highest BCUT2D eigenvalue weighted by atomic mass is 32.2. The first-order valence-corrected chi connectivity index (χ1v) is 8.78. The number of carbonyl (C=O) groups is 1. The summed E-state index contributed by atoms with van der Waals surface area (Å²) in [5.74, 6) is -0.450. The summed E-state index contributed by atoms with van der Waals surface area (Å²) in [5, 5.41) is -0.390. The number of ketones is 1. The number of hydrogen-bond donors (Lipinski definition) is 0. The Hall–Kier alpha value is -1.23. The molecule has 2 rings (SSSR count). The first-order chi connectivity index (χ1) is 9.36. The van der Waals surface area contributed by atoms with E-state index in [-0.39, 0.29) is 23.9 Å². The standard InChI is InChI=1S/C15H19FO3S/c1-20(18,19)14-4-2-3-12(10-14)15(17)9-11-5-7-13(16)8-6-11/h5-8,12,14H,2-4,9-10H2,1H3. The lowest BCUT2D eigenvalue weighted by Gasteiger charge is -2.27. The van der Waals surface area contributed by atoms with Crippen LogP contribution in [-0.4, -0.2) is 25.7 Å². The Kier molecular flexibility index (Phi) is 4.58. The predicted molar refractivity (Wildman–Crippen MR) is 75.7 cm³/mol. The van der Waals surface area contributed by atoms with Gasteiger partial charge in [0.1, 0.15) is 21.4 Å². The SMILES string of the molecule is CS(=O)(=O)C1CCCC(C(=O)Cc2ccc(F)cc2)C1. The van der Waals surface area contributed by atoms with Gasteiger partial charge in [0.05, 0.1) is 5.25 Å². The van der Waals surface area contributed by atoms with Crippen molar-refractivity contribution in [3.05, 3.63) is 35.6 Å². The highest BCUT2D eigenvalue weighted by molar-refractivity contribution is 7.91. The molecule has 0 bridgehead atoms. The average molecular weight is 298 g/mol. The minimum absolute atomic E-state index is 0.0601. The lowest BCUT2D eigenvalue weighted by atomic mass is 9.84. The van der Waals surface area contributed by atoms with Crippen molar-refractivity contribution in [2.24, 2.45) is 5.92 Å². The van der Waals surface area contributed by atoms with Crippen molar-refractivity contribution in [3.8, 4) is 0 Å². The quantitative estimate of drug-likeness (QED) is 0.858. The van der Waals surface area contributed by atoms with E-state index in [1.54, 1.807) is 12.1 Å². The molecule has 1 aliphatic carbocycles. The minimum Gasteiger partial charge on any atom is -0.299 e. The van der Waals surface area contributed by atoms with Crippen LogP contribution < -0.4 is 0 Å². The summed E-state index contributed by atoms with van der Waals surface area (Å²) in [6, 6.07) is 5.87. The van der Waals surface area contributed by atoms with Crippen LogP contribution in [0.4, 0.5) is 4.39 Å². The molecule has 0 radical (unpaired) electrons. The molecule has 2 atom stereocenters. The molecule has 5 heteroatoms. The third-order valence-corrected chi connectivity index (χ3v) is 5.62. The number of Topliss-reactive ketones (excluding diaryl/α,β-unsaturated/α-hetero) is 1. The molecule has 20 heavy (non-hydrogen) atoms. The Bertz CT molecular complexity index is 578. The van der Waals surface area contributed by atoms with Crippen LogP contribution in [0.3, 0.4) is 0 Å². The van der Waals surface area contributed by atoms with E-state index in [9.17, 15) is 17.6 Å². The zero-order chi connectivity index (χ0) is 14.8. The van der Waals surface area contributed by atoms with Crippen LogP contribution in [-0.2, 0) is 21.1 Å². The predicted octanol–water partition coefficient (Wildman–Crippen LogP) is 2.54. The Morgan fingerprint density at radius 1 is 1.25 bits per heavy atom. The van der Waals surface area contributed by atoms with Gasteiger partial charge in [0, 0.05) is 18.6 Å². The molecule has 110 valence electrons. The van der Waals surface area contributed by atoms with Crippen LogP contribution in [0.5, 0.6) is 0 Å². The second-order valence-corrected chi connectivity index (χ2v) is 7.91. The van der Waals surface area contributed by atoms with E-state index in [1.807, 2.05) is 0 Å². The number of halogens is 1. The molecule has 0 spiro atoms. The van der Waals surface area contributed by atoms with Gasteiger partial charge in [-0.25, -0.2) is 12.8 Å². The van der Waals surface area contributed by atoms with Crippen LogP contribution in [0, 0.1) is 11.7 Å². The van der Waals surface area contributed by atoms with Gasteiger partial charge >= 0.3 is 0 Å². The lowest BCUT2D eigenvalue weighted by molar-refractivity contribution is -0.123. The fraction of sp³-hybridized carbons (Fsp3) is 0.533. The third-order valence-electron chi connectivity index (χ3n) is 3.98. The van der Waals surface area contributed by atoms with Gasteiger partial charge < -0.3 is 0 Å². The maximum absolute atomic E-state index is 12.8. The molecule has 0 aromatic heterocycles. The van der Waals surface area contributed by atoms with Crippen molar-refractivity contribution in [1.82, 2.24) is 0 Å². The number of sulfone groups is 1. The fourth-order valence-corrected chi connectivity index (χ4v) is 3.95. The first-order valence-electron chi connectivity index (χ1n) is 6.82. The molecule has 0 amide bonds. The largest absolute Gasteiger partial charge is 0.299 e. The fourth-order valence-electron chi connectivity index (χ4n) is 2.77. The van der Waals surface area contributed by atoms with Crippen LogP contribution in [0.25, 0.3) is 0 Å². The van der Waals surface area contributed by atoms with Gasteiger partial charge in [-0.3, -0.25) is 4.79 Å². The Balaban J connectivity index is 2.00. The van der Waals surface area contributed by atoms with Gasteiger partial charge in [0.15, 0.2) is 0 Å². The number of hydrogen-bond acceptors (Lipinski definition) is 3. The summed E-state index contributed by atoms with van der Waals surface area (Å²) < 4.78 is 36.0. The van der Waals surface area contributed by atoms with Crippen molar-refractivity contribution < 1.29 is 17.6 Å². The van der Waals surface area contributed by atoms with Gasteiger partial charge in [-0.1, -0.05) is 18.6 Å². The second kappa shape index (κ2) is 6.04. The molecule has 3 nitrogen and oxygen atoms in total. The van der Waals surface area contributed by atoms with Crippen LogP contribution in [0.2, 0.25) is 0 Å². The molecule has 2 unspecified atom stereocenters. The van der Waals surface area contributed by atoms with Crippen LogP contribution in [0.15, 0.2) is 24.3 Å². The van der Waals surface area contributed by atoms with E-state index in [4.69, 9.17) is 0 Å². The first kappa shape index (κ1) is 15.2. The molecule has 0 N–H and O–H groups in total. The summed E-state index contributed by atoms with van der Waals surface area (Å²) in [4.78, 5) is 12.2. The molecule has 1 aromatic rings. The summed E-state index contributed by atoms with van der Waals surface area (Å²) in [5.41, 5.74) is 0.776. The van der Waals surface area contributed by atoms with E-state index in [0.29, 0.717) is 12.8 Å². The zero-order valence-corrected chi connectivity index (χ0v) is 12.3. The monoisotopic (exact) mass is 298 g/mol. The van der Waals surface area contributed by atoms with Crippen molar-refractivity contribution >= 4 is 15.6 Å². The summed E-state index contributed by atoms with van der Waals surface area (Å²) in [6.07, 6.45) is 4.10. The van der Waals surface area contributed by atoms with Crippen LogP contribution in [0.1, 0.15) is 31.2 Å². The van der Waals surface area contributed by atoms with Gasteiger partial charge in [-0.15, -0.1) is 0 Å². The number of carbonyl (C=O) groups excluding carboxylic acids is 1. The molecular weight excluding hydrogens is 279 g/mol. The van der Waals surface area contributed by atoms with E-state index >= 15 is 0 Å². The Morgan fingerprint density at radius 2 is 1.90 bits per heavy atom. The van der Waals surface area contributed by atoms with E-state index in [1.165, 1.54) is 18.4 Å². The highest BCUT2D eigenvalue weighted by Crippen LogP contribution is 2.29. The number of rotatable bonds is 4. The third kappa shape index (κ3) is 3.88. The van der Waals surface area contributed by atoms with E-state index in [2.05, 4.69) is 0 Å². The molecule has 1 aromatic carbocycles. The van der Waals surface area contributed by atoms with Gasteiger partial charge in [-0.2, -0.15) is 0 Å². The van der Waals surface area contributed by atoms with Crippen LogP contribution >= 0.6 is 0 Å². The highest BCUT2D eigenvalue weighted by Gasteiger charge is 2.32. The molecule has 1 saturated carbocycles. The molecule has 1 fully saturated rings. The van der Waals surface area contributed by atoms with Crippen molar-refractivity contribution in [2.45, 2.75) is 37.4 Å². The zero-order valence-electron chi connectivity index (χ0n) is 11.5. The maximum atomic E-state index is 12.8. The normalized spacial score (nSPS) is 23.5. The molecule has 0 heterocycles. The van der Waals surface area contributed by atoms with Gasteiger partial charge in [0.25, 0.3) is 0 Å². The molecule has 0 saturated heterocycles. The van der Waals surface area contributed by atoms with E-state index in [0.717, 1.165) is 18.4 Å². The summed E-state index contributed by atoms with van der Waals surface area (Å²) in [7, 11) is -3.07.